The zero-order valence-electron chi connectivity index (χ0n) is 7.79. The minimum atomic E-state index is 1.01. The predicted molar refractivity (Wildman–Crippen MR) is 56.0 cm³/mol. The number of nitrogens with two attached hydrogens (primary N) is 1. The van der Waals surface area contributed by atoms with Crippen LogP contribution in [-0.2, 0) is 0 Å². The van der Waals surface area contributed by atoms with E-state index in [1.807, 2.05) is 6.08 Å². The smallest absolute Gasteiger partial charge is 0.00838 e. The Morgan fingerprint density at radius 2 is 1.77 bits per heavy atom. The molecular formula is C12H15N. The Hall–Kier alpha value is -1.24. The Balaban J connectivity index is 2.17. The van der Waals surface area contributed by atoms with E-state index >= 15 is 0 Å². The summed E-state index contributed by atoms with van der Waals surface area (Å²) in [5.74, 6) is 0. The molecule has 2 rings (SSSR count). The Bertz CT molecular complexity index is 316. The Labute approximate surface area is 79.3 Å². The van der Waals surface area contributed by atoms with Crippen molar-refractivity contribution < 1.29 is 0 Å². The lowest BCUT2D eigenvalue weighted by Gasteiger charge is -2.16. The number of hydrogen-bond donors (Lipinski definition) is 1. The van der Waals surface area contributed by atoms with Crippen molar-refractivity contribution in [1.29, 1.82) is 0 Å². The third-order valence-corrected chi connectivity index (χ3v) is 2.61. The molecule has 0 spiro atoms. The van der Waals surface area contributed by atoms with E-state index in [0.717, 1.165) is 18.5 Å². The first-order chi connectivity index (χ1) is 6.36. The molecule has 0 aromatic rings. The molecule has 1 nitrogen and oxygen atoms in total. The molecule has 1 heteroatoms. The first-order valence-electron chi connectivity index (χ1n) is 4.87. The van der Waals surface area contributed by atoms with Crippen LogP contribution in [0.1, 0.15) is 25.7 Å². The van der Waals surface area contributed by atoms with Gasteiger partial charge in [0.2, 0.25) is 0 Å². The van der Waals surface area contributed by atoms with E-state index in [9.17, 15) is 0 Å². The fraction of sp³-hybridized carbons (Fsp3) is 0.333. The summed E-state index contributed by atoms with van der Waals surface area (Å²) >= 11 is 0. The SMILES string of the molecule is NC1=CC=C(C2=CC=CCC2)CC1. The number of allylic oxidation sites excluding steroid dienone is 8. The van der Waals surface area contributed by atoms with Crippen LogP contribution in [0.5, 0.6) is 0 Å². The second-order valence-electron chi connectivity index (χ2n) is 3.59. The van der Waals surface area contributed by atoms with Gasteiger partial charge in [-0.2, -0.15) is 0 Å². The summed E-state index contributed by atoms with van der Waals surface area (Å²) in [4.78, 5) is 0. The molecule has 0 aliphatic heterocycles. The molecule has 0 unspecified atom stereocenters. The molecule has 2 N–H and O–H groups in total. The van der Waals surface area contributed by atoms with E-state index in [1.165, 1.54) is 24.0 Å². The van der Waals surface area contributed by atoms with Gasteiger partial charge in [0.25, 0.3) is 0 Å². The normalized spacial score (nSPS) is 22.0. The molecule has 0 aromatic heterocycles. The van der Waals surface area contributed by atoms with Crippen molar-refractivity contribution in [2.75, 3.05) is 0 Å². The molecule has 13 heavy (non-hydrogen) atoms. The molecule has 68 valence electrons. The maximum Gasteiger partial charge on any atom is 0.00838 e. The van der Waals surface area contributed by atoms with Gasteiger partial charge in [-0.05, 0) is 42.9 Å². The topological polar surface area (TPSA) is 26.0 Å². The highest BCUT2D eigenvalue weighted by molar-refractivity contribution is 5.40. The maximum absolute atomic E-state index is 5.71. The third kappa shape index (κ3) is 1.92. The largest absolute Gasteiger partial charge is 0.402 e. The summed E-state index contributed by atoms with van der Waals surface area (Å²) in [5.41, 5.74) is 9.68. The number of hydrogen-bond acceptors (Lipinski definition) is 1. The summed E-state index contributed by atoms with van der Waals surface area (Å²) in [6, 6.07) is 0. The van der Waals surface area contributed by atoms with Gasteiger partial charge in [0.1, 0.15) is 0 Å². The fourth-order valence-corrected chi connectivity index (χ4v) is 1.79. The molecular weight excluding hydrogens is 158 g/mol. The Morgan fingerprint density at radius 1 is 0.923 bits per heavy atom. The zero-order chi connectivity index (χ0) is 9.10. The molecule has 2 aliphatic carbocycles. The average molecular weight is 173 g/mol. The third-order valence-electron chi connectivity index (χ3n) is 2.61. The molecule has 0 heterocycles. The van der Waals surface area contributed by atoms with Crippen molar-refractivity contribution in [3.8, 4) is 0 Å². The summed E-state index contributed by atoms with van der Waals surface area (Å²) in [7, 11) is 0. The van der Waals surface area contributed by atoms with Crippen molar-refractivity contribution >= 4 is 0 Å². The van der Waals surface area contributed by atoms with Crippen LogP contribution in [0.4, 0.5) is 0 Å². The first-order valence-corrected chi connectivity index (χ1v) is 4.87. The van der Waals surface area contributed by atoms with Crippen LogP contribution in [0.2, 0.25) is 0 Å². The van der Waals surface area contributed by atoms with Crippen molar-refractivity contribution in [2.24, 2.45) is 5.73 Å². The maximum atomic E-state index is 5.71. The zero-order valence-corrected chi connectivity index (χ0v) is 7.79. The van der Waals surface area contributed by atoms with E-state index in [1.54, 1.807) is 0 Å². The van der Waals surface area contributed by atoms with E-state index in [0.29, 0.717) is 0 Å². The summed E-state index contributed by atoms with van der Waals surface area (Å²) < 4.78 is 0. The molecule has 0 radical (unpaired) electrons. The highest BCUT2D eigenvalue weighted by atomic mass is 14.6. The molecule has 0 fully saturated rings. The lowest BCUT2D eigenvalue weighted by atomic mass is 9.91. The van der Waals surface area contributed by atoms with Crippen LogP contribution in [0, 0.1) is 0 Å². The minimum absolute atomic E-state index is 1.01. The van der Waals surface area contributed by atoms with E-state index < -0.39 is 0 Å². The van der Waals surface area contributed by atoms with Crippen LogP contribution < -0.4 is 5.73 Å². The van der Waals surface area contributed by atoms with Gasteiger partial charge in [-0.3, -0.25) is 0 Å². The molecule has 0 amide bonds. The van der Waals surface area contributed by atoms with E-state index in [-0.39, 0.29) is 0 Å². The minimum Gasteiger partial charge on any atom is -0.402 e. The van der Waals surface area contributed by atoms with Gasteiger partial charge in [-0.25, -0.2) is 0 Å². The molecule has 2 aliphatic rings. The molecule has 0 bridgehead atoms. The Kier molecular flexibility index (Phi) is 2.35. The first kappa shape index (κ1) is 8.36. The van der Waals surface area contributed by atoms with Gasteiger partial charge in [0.15, 0.2) is 0 Å². The van der Waals surface area contributed by atoms with Crippen LogP contribution in [0.3, 0.4) is 0 Å². The standard InChI is InChI=1S/C12H15N/c13-12-8-6-11(7-9-12)10-4-2-1-3-5-10/h1-2,4,6,8H,3,5,7,9,13H2. The van der Waals surface area contributed by atoms with Gasteiger partial charge in [0.05, 0.1) is 0 Å². The highest BCUT2D eigenvalue weighted by Gasteiger charge is 2.09. The van der Waals surface area contributed by atoms with Gasteiger partial charge >= 0.3 is 0 Å². The van der Waals surface area contributed by atoms with Gasteiger partial charge in [0, 0.05) is 5.70 Å². The second kappa shape index (κ2) is 3.65. The molecule has 0 atom stereocenters. The lowest BCUT2D eigenvalue weighted by Crippen LogP contribution is -2.03. The van der Waals surface area contributed by atoms with Crippen molar-refractivity contribution in [2.45, 2.75) is 25.7 Å². The monoisotopic (exact) mass is 173 g/mol. The molecule has 0 saturated heterocycles. The fourth-order valence-electron chi connectivity index (χ4n) is 1.79. The van der Waals surface area contributed by atoms with Gasteiger partial charge in [-0.1, -0.05) is 24.3 Å². The summed E-state index contributed by atoms with van der Waals surface area (Å²) in [6.07, 6.45) is 15.3. The molecule has 0 saturated carbocycles. The van der Waals surface area contributed by atoms with Crippen molar-refractivity contribution in [1.82, 2.24) is 0 Å². The van der Waals surface area contributed by atoms with Gasteiger partial charge < -0.3 is 5.73 Å². The summed E-state index contributed by atoms with van der Waals surface area (Å²) in [5, 5.41) is 0. The van der Waals surface area contributed by atoms with Gasteiger partial charge in [-0.15, -0.1) is 0 Å². The van der Waals surface area contributed by atoms with E-state index in [4.69, 9.17) is 5.73 Å². The van der Waals surface area contributed by atoms with Crippen LogP contribution in [-0.4, -0.2) is 0 Å². The Morgan fingerprint density at radius 3 is 2.38 bits per heavy atom. The highest BCUT2D eigenvalue weighted by Crippen LogP contribution is 2.27. The lowest BCUT2D eigenvalue weighted by molar-refractivity contribution is 0.862. The molecule has 0 aromatic carbocycles. The predicted octanol–water partition coefficient (Wildman–Crippen LogP) is 2.83. The van der Waals surface area contributed by atoms with Crippen LogP contribution >= 0.6 is 0 Å². The van der Waals surface area contributed by atoms with Crippen LogP contribution in [0.25, 0.3) is 0 Å². The second-order valence-corrected chi connectivity index (χ2v) is 3.59. The van der Waals surface area contributed by atoms with Crippen molar-refractivity contribution in [3.63, 3.8) is 0 Å². The van der Waals surface area contributed by atoms with E-state index in [2.05, 4.69) is 24.3 Å². The average Bonchev–Trinajstić information content (AvgIpc) is 2.20. The summed E-state index contributed by atoms with van der Waals surface area (Å²) in [6.45, 7) is 0. The number of rotatable bonds is 1. The quantitative estimate of drug-likeness (QED) is 0.648. The van der Waals surface area contributed by atoms with Crippen LogP contribution in [0.15, 0.2) is 47.2 Å². The van der Waals surface area contributed by atoms with Crippen molar-refractivity contribution in [3.05, 3.63) is 47.2 Å².